The van der Waals surface area contributed by atoms with Crippen LogP contribution < -0.4 is 84.8 Å². The Hall–Kier alpha value is -0.160. The normalized spacial score (nSPS) is 11.0. The molecule has 2 aromatic rings. The predicted octanol–water partition coefficient (Wildman–Crippen LogP) is -6.23. The predicted molar refractivity (Wildman–Crippen MR) is 145 cm³/mol. The number of phenolic OH excluding ortho intramolecular Hbond substituents is 1. The van der Waals surface area contributed by atoms with Crippen molar-refractivity contribution in [3.8, 4) is 5.75 Å². The summed E-state index contributed by atoms with van der Waals surface area (Å²) in [7, 11) is 0. The van der Waals surface area contributed by atoms with Crippen LogP contribution in [0.2, 0.25) is 0 Å². The second kappa shape index (κ2) is 23.3. The van der Waals surface area contributed by atoms with Crippen LogP contribution in [0, 0.1) is 6.92 Å². The summed E-state index contributed by atoms with van der Waals surface area (Å²) in [6.07, 6.45) is 5.24. The van der Waals surface area contributed by atoms with Crippen LogP contribution in [0.1, 0.15) is 80.8 Å². The van der Waals surface area contributed by atoms with E-state index in [1.807, 2.05) is 38.1 Å². The molecule has 1 N–H and O–H groups in total. The SMILES string of the molecule is CCCC(=O)CCCCC[I-]C(=O)C[I-]C(=O)C[I-]C(=O)c1ccc(C[I-]C(C)C)cc1.Cc1ccc(O)cc1. The molecule has 0 aliphatic rings. The summed E-state index contributed by atoms with van der Waals surface area (Å²) < 4.78 is 4.27. The van der Waals surface area contributed by atoms with Gasteiger partial charge in [0.25, 0.3) is 0 Å². The average Bonchev–Trinajstić information content (AvgIpc) is 2.93. The molecule has 40 heavy (non-hydrogen) atoms. The van der Waals surface area contributed by atoms with E-state index < -0.39 is 63.6 Å². The largest absolute Gasteiger partial charge is 0.508 e. The van der Waals surface area contributed by atoms with E-state index >= 15 is 0 Å². The number of Topliss-reactive ketones (excluding diaryl/α,β-unsaturated/α-hetero) is 1. The number of rotatable bonds is 19. The molecule has 0 radical (unpaired) electrons. The zero-order valence-electron chi connectivity index (χ0n) is 23.9. The van der Waals surface area contributed by atoms with Gasteiger partial charge in [-0.05, 0) is 19.1 Å². The quantitative estimate of drug-likeness (QED) is 0.0657. The number of benzene rings is 2. The molecule has 0 heterocycles. The molecule has 2 rings (SSSR count). The van der Waals surface area contributed by atoms with Crippen LogP contribution >= 0.6 is 0 Å². The fourth-order valence-electron chi connectivity index (χ4n) is 3.07. The summed E-state index contributed by atoms with van der Waals surface area (Å²) in [4.78, 5) is 48.1. The van der Waals surface area contributed by atoms with Gasteiger partial charge in [-0.25, -0.2) is 0 Å². The number of halogens is 4. The molecule has 0 amide bonds. The summed E-state index contributed by atoms with van der Waals surface area (Å²) in [6, 6.07) is 15.0. The van der Waals surface area contributed by atoms with Gasteiger partial charge < -0.3 is 5.11 Å². The Morgan fingerprint density at radius 3 is 2.00 bits per heavy atom. The van der Waals surface area contributed by atoms with Crippen molar-refractivity contribution < 1.29 is 109 Å². The van der Waals surface area contributed by atoms with Crippen molar-refractivity contribution in [2.24, 2.45) is 0 Å². The van der Waals surface area contributed by atoms with Gasteiger partial charge in [-0.3, -0.25) is 0 Å². The summed E-state index contributed by atoms with van der Waals surface area (Å²) in [6.45, 7) is 8.52. The standard InChI is InChI=1S/C24H34I4O4.C7H8O/c1-4-8-21(29)9-6-5-7-14-25-22(30)16-27-23(31)17-28-24(32)20-12-10-19(11-13-20)15-26-18(2)3;1-6-2-4-7(8)5-3-6/h10-13,18H,4-9,14-17H2,1-3H3;2-5,8H,1H3/q-4;. The number of carbonyl (C=O) groups excluding carboxylic acids is 4. The summed E-state index contributed by atoms with van der Waals surface area (Å²) in [5, 5.41) is 8.76. The average molecular weight is 1000 g/mol. The first-order valence-electron chi connectivity index (χ1n) is 13.4. The van der Waals surface area contributed by atoms with Crippen LogP contribution in [0.4, 0.5) is 0 Å². The zero-order chi connectivity index (χ0) is 29.8. The Morgan fingerprint density at radius 2 is 1.40 bits per heavy atom. The van der Waals surface area contributed by atoms with Crippen molar-refractivity contribution >= 4 is 17.2 Å². The smallest absolute Gasteiger partial charge is 0.115 e. The van der Waals surface area contributed by atoms with Gasteiger partial charge in [0.15, 0.2) is 0 Å². The van der Waals surface area contributed by atoms with Crippen LogP contribution in [-0.4, -0.2) is 39.5 Å². The molecule has 0 aliphatic heterocycles. The molecular weight excluding hydrogens is 960 g/mol. The van der Waals surface area contributed by atoms with E-state index in [0.29, 0.717) is 33.2 Å². The van der Waals surface area contributed by atoms with Gasteiger partial charge in [0.1, 0.15) is 5.75 Å². The van der Waals surface area contributed by atoms with Gasteiger partial charge in [-0.1, -0.05) is 17.7 Å². The van der Waals surface area contributed by atoms with E-state index in [9.17, 15) is 19.2 Å². The van der Waals surface area contributed by atoms with E-state index in [1.54, 1.807) is 12.1 Å². The van der Waals surface area contributed by atoms with E-state index in [-0.39, 0.29) is 32.6 Å². The number of aromatic hydroxyl groups is 1. The molecular formula is C31H42I4O5-4. The minimum atomic E-state index is -0.829. The maximum absolute atomic E-state index is 12.4. The maximum Gasteiger partial charge on any atom is 0.115 e. The minimum Gasteiger partial charge on any atom is -0.508 e. The van der Waals surface area contributed by atoms with Gasteiger partial charge in [0.05, 0.1) is 0 Å². The molecule has 0 aromatic heterocycles. The first kappa shape index (κ1) is 37.9. The Bertz CT molecular complexity index is 1020. The minimum absolute atomic E-state index is 0.127. The van der Waals surface area contributed by atoms with E-state index in [4.69, 9.17) is 5.11 Å². The number of carbonyl (C=O) groups is 4. The molecule has 0 aliphatic carbocycles. The van der Waals surface area contributed by atoms with E-state index in [1.165, 1.54) is 11.1 Å². The van der Waals surface area contributed by atoms with E-state index in [0.717, 1.165) is 44.0 Å². The Kier molecular flexibility index (Phi) is 22.1. The van der Waals surface area contributed by atoms with Crippen molar-refractivity contribution in [1.29, 1.82) is 0 Å². The third-order valence-corrected chi connectivity index (χ3v) is 18.5. The molecule has 0 unspecified atom stereocenters. The van der Waals surface area contributed by atoms with Crippen molar-refractivity contribution in [3.63, 3.8) is 0 Å². The molecule has 5 nitrogen and oxygen atoms in total. The van der Waals surface area contributed by atoms with Crippen LogP contribution in [0.3, 0.4) is 0 Å². The molecule has 0 bridgehead atoms. The summed E-state index contributed by atoms with van der Waals surface area (Å²) >= 11 is -1.91. The number of unbranched alkanes of at least 4 members (excludes halogenated alkanes) is 2. The second-order valence-electron chi connectivity index (χ2n) is 9.27. The first-order valence-corrected chi connectivity index (χ1v) is 24.0. The molecule has 0 saturated carbocycles. The third kappa shape index (κ3) is 19.9. The van der Waals surface area contributed by atoms with Crippen LogP contribution in [-0.2, 0) is 18.8 Å². The van der Waals surface area contributed by atoms with E-state index in [2.05, 4.69) is 26.0 Å². The Balaban J connectivity index is 0.000000850. The molecule has 2 aromatic carbocycles. The number of alkyl halides is 5. The number of ketones is 1. The Labute approximate surface area is 281 Å². The molecule has 0 spiro atoms. The number of phenols is 1. The second-order valence-corrected chi connectivity index (χ2v) is 21.7. The molecule has 0 fully saturated rings. The summed E-state index contributed by atoms with van der Waals surface area (Å²) in [5.74, 6) is 0.679. The summed E-state index contributed by atoms with van der Waals surface area (Å²) in [5.41, 5.74) is 3.20. The molecule has 228 valence electrons. The fourth-order valence-corrected chi connectivity index (χ4v) is 13.7. The van der Waals surface area contributed by atoms with Crippen LogP contribution in [0.25, 0.3) is 0 Å². The van der Waals surface area contributed by atoms with Gasteiger partial charge >= 0.3 is 237 Å². The number of hydrogen-bond acceptors (Lipinski definition) is 5. The van der Waals surface area contributed by atoms with Gasteiger partial charge in [0, 0.05) is 0 Å². The van der Waals surface area contributed by atoms with Crippen LogP contribution in [0.15, 0.2) is 48.5 Å². The Morgan fingerprint density at radius 1 is 0.775 bits per heavy atom. The van der Waals surface area contributed by atoms with Gasteiger partial charge in [0.2, 0.25) is 0 Å². The maximum atomic E-state index is 12.4. The first-order chi connectivity index (χ1) is 19.1. The monoisotopic (exact) mass is 1000 g/mol. The van der Waals surface area contributed by atoms with Crippen molar-refractivity contribution in [3.05, 3.63) is 65.2 Å². The third-order valence-electron chi connectivity index (χ3n) is 5.23. The molecule has 9 heteroatoms. The van der Waals surface area contributed by atoms with Crippen molar-refractivity contribution in [1.82, 2.24) is 0 Å². The molecule has 0 atom stereocenters. The van der Waals surface area contributed by atoms with Crippen molar-refractivity contribution in [2.45, 2.75) is 74.6 Å². The topological polar surface area (TPSA) is 88.5 Å². The van der Waals surface area contributed by atoms with Crippen LogP contribution in [0.5, 0.6) is 5.75 Å². The fraction of sp³-hybridized carbons (Fsp3) is 0.484. The van der Waals surface area contributed by atoms with Gasteiger partial charge in [-0.15, -0.1) is 0 Å². The molecule has 0 saturated heterocycles. The number of aryl methyl sites for hydroxylation is 1. The zero-order valence-corrected chi connectivity index (χ0v) is 32.5. The van der Waals surface area contributed by atoms with Crippen molar-refractivity contribution in [2.75, 3.05) is 13.3 Å². The number of hydrogen-bond donors (Lipinski definition) is 1. The van der Waals surface area contributed by atoms with Gasteiger partial charge in [-0.2, -0.15) is 0 Å².